The van der Waals surface area contributed by atoms with Gasteiger partial charge in [0.1, 0.15) is 0 Å². The van der Waals surface area contributed by atoms with Crippen molar-refractivity contribution in [2.45, 2.75) is 13.3 Å². The first-order chi connectivity index (χ1) is 16.6. The molecule has 1 aromatic heterocycles. The van der Waals surface area contributed by atoms with Crippen molar-refractivity contribution < 1.29 is 19.0 Å². The van der Waals surface area contributed by atoms with E-state index in [4.69, 9.17) is 30.8 Å². The molecule has 0 spiro atoms. The predicted octanol–water partition coefficient (Wildman–Crippen LogP) is 4.76. The molecule has 1 fully saturated rings. The zero-order valence-corrected chi connectivity index (χ0v) is 20.5. The van der Waals surface area contributed by atoms with Crippen LogP contribution < -0.4 is 14.4 Å². The Morgan fingerprint density at radius 1 is 1.21 bits per heavy atom. The van der Waals surface area contributed by atoms with Gasteiger partial charge in [-0.05, 0) is 48.7 Å². The minimum Gasteiger partial charge on any atom is -0.454 e. The maximum absolute atomic E-state index is 13.4. The summed E-state index contributed by atoms with van der Waals surface area (Å²) < 4.78 is 17.2. The summed E-state index contributed by atoms with van der Waals surface area (Å²) in [4.78, 5) is 22.3. The van der Waals surface area contributed by atoms with Crippen molar-refractivity contribution in [1.29, 1.82) is 0 Å². The lowest BCUT2D eigenvalue weighted by molar-refractivity contribution is -0.114. The Morgan fingerprint density at radius 2 is 2.03 bits per heavy atom. The Kier molecular flexibility index (Phi) is 7.01. The Hall–Kier alpha value is -2.65. The molecule has 5 rings (SSSR count). The lowest BCUT2D eigenvalue weighted by atomic mass is 10.2. The fourth-order valence-electron chi connectivity index (χ4n) is 4.06. The number of aromatic nitrogens is 1. The van der Waals surface area contributed by atoms with E-state index in [-0.39, 0.29) is 12.7 Å². The number of halogens is 1. The molecule has 34 heavy (non-hydrogen) atoms. The molecule has 0 N–H and O–H groups in total. The second kappa shape index (κ2) is 10.3. The lowest BCUT2D eigenvalue weighted by Crippen LogP contribution is -2.39. The quantitative estimate of drug-likeness (QED) is 0.437. The number of nitrogens with zero attached hydrogens (tertiary/aromatic N) is 3. The van der Waals surface area contributed by atoms with Gasteiger partial charge in [-0.25, -0.2) is 4.98 Å². The number of anilines is 1. The number of morpholine rings is 1. The Balaban J connectivity index is 1.37. The first-order valence-electron chi connectivity index (χ1n) is 11.3. The average molecular weight is 500 g/mol. The second-order valence-corrected chi connectivity index (χ2v) is 9.67. The van der Waals surface area contributed by atoms with Crippen molar-refractivity contribution in [3.8, 4) is 11.5 Å². The summed E-state index contributed by atoms with van der Waals surface area (Å²) in [5, 5.41) is 1.31. The highest BCUT2D eigenvalue weighted by atomic mass is 35.5. The molecule has 0 bridgehead atoms. The maximum Gasteiger partial charge on any atom is 0.252 e. The number of carbonyl (C=O) groups excluding carboxylic acids is 1. The first kappa shape index (κ1) is 23.1. The van der Waals surface area contributed by atoms with Gasteiger partial charge in [0.15, 0.2) is 16.6 Å². The van der Waals surface area contributed by atoms with Gasteiger partial charge in [0.2, 0.25) is 6.79 Å². The van der Waals surface area contributed by atoms with Crippen molar-refractivity contribution in [3.05, 3.63) is 52.6 Å². The highest BCUT2D eigenvalue weighted by Crippen LogP contribution is 2.36. The number of rotatable bonds is 7. The molecule has 2 aliphatic heterocycles. The largest absolute Gasteiger partial charge is 0.454 e. The smallest absolute Gasteiger partial charge is 0.252 e. The standard InChI is InChI=1S/C25H26ClN3O4S/c1-17-3-6-19(26)24-23(17)27-25(34-24)29(10-2-9-28-11-13-31-14-12-28)22(30)8-5-18-4-7-20-21(15-18)33-16-32-20/h3-8,15H,2,9-14,16H2,1H3/b8-5+. The summed E-state index contributed by atoms with van der Waals surface area (Å²) in [6.45, 7) is 7.07. The zero-order valence-electron chi connectivity index (χ0n) is 19.0. The first-order valence-corrected chi connectivity index (χ1v) is 12.5. The number of hydrogen-bond acceptors (Lipinski definition) is 7. The van der Waals surface area contributed by atoms with Gasteiger partial charge in [-0.15, -0.1) is 0 Å². The third-order valence-corrected chi connectivity index (χ3v) is 7.50. The number of amides is 1. The van der Waals surface area contributed by atoms with E-state index in [0.717, 1.165) is 66.4 Å². The molecule has 0 aliphatic carbocycles. The van der Waals surface area contributed by atoms with Crippen LogP contribution in [0.1, 0.15) is 17.5 Å². The van der Waals surface area contributed by atoms with E-state index in [0.29, 0.717) is 22.4 Å². The van der Waals surface area contributed by atoms with Crippen LogP contribution in [-0.4, -0.2) is 62.0 Å². The number of thiazole rings is 1. The molecule has 3 heterocycles. The molecule has 3 aromatic rings. The molecule has 0 radical (unpaired) electrons. The molecule has 2 aliphatic rings. The third-order valence-electron chi connectivity index (χ3n) is 5.96. The van der Waals surface area contributed by atoms with Crippen LogP contribution in [0.15, 0.2) is 36.4 Å². The van der Waals surface area contributed by atoms with Crippen LogP contribution in [0.2, 0.25) is 5.02 Å². The molecule has 0 saturated carbocycles. The normalized spacial score (nSPS) is 15.9. The van der Waals surface area contributed by atoms with E-state index in [1.165, 1.54) is 11.3 Å². The van der Waals surface area contributed by atoms with Gasteiger partial charge in [-0.1, -0.05) is 35.1 Å². The summed E-state index contributed by atoms with van der Waals surface area (Å²) >= 11 is 7.89. The van der Waals surface area contributed by atoms with Crippen molar-refractivity contribution in [2.24, 2.45) is 0 Å². The maximum atomic E-state index is 13.4. The van der Waals surface area contributed by atoms with Gasteiger partial charge >= 0.3 is 0 Å². The van der Waals surface area contributed by atoms with Crippen molar-refractivity contribution in [3.63, 3.8) is 0 Å². The molecule has 9 heteroatoms. The van der Waals surface area contributed by atoms with Gasteiger partial charge in [0.05, 0.1) is 28.5 Å². The van der Waals surface area contributed by atoms with Crippen LogP contribution in [-0.2, 0) is 9.53 Å². The number of fused-ring (bicyclic) bond motifs is 2. The zero-order chi connectivity index (χ0) is 23.5. The summed E-state index contributed by atoms with van der Waals surface area (Å²) in [5.74, 6) is 1.29. The Morgan fingerprint density at radius 3 is 2.85 bits per heavy atom. The third kappa shape index (κ3) is 5.05. The molecule has 0 unspecified atom stereocenters. The molecule has 1 amide bonds. The van der Waals surface area contributed by atoms with Crippen molar-refractivity contribution in [2.75, 3.05) is 51.1 Å². The summed E-state index contributed by atoms with van der Waals surface area (Å²) in [7, 11) is 0. The van der Waals surface area contributed by atoms with Gasteiger partial charge in [-0.3, -0.25) is 14.6 Å². The van der Waals surface area contributed by atoms with E-state index >= 15 is 0 Å². The lowest BCUT2D eigenvalue weighted by Gasteiger charge is -2.27. The van der Waals surface area contributed by atoms with Crippen LogP contribution in [0, 0.1) is 6.92 Å². The minimum absolute atomic E-state index is 0.118. The SMILES string of the molecule is Cc1ccc(Cl)c2sc(N(CCCN3CCOCC3)C(=O)/C=C/c3ccc4c(c3)OCO4)nc12. The van der Waals surface area contributed by atoms with Gasteiger partial charge in [0, 0.05) is 32.3 Å². The highest BCUT2D eigenvalue weighted by molar-refractivity contribution is 7.23. The van der Waals surface area contributed by atoms with E-state index < -0.39 is 0 Å². The van der Waals surface area contributed by atoms with Crippen LogP contribution >= 0.6 is 22.9 Å². The average Bonchev–Trinajstić information content (AvgIpc) is 3.51. The van der Waals surface area contributed by atoms with E-state index in [9.17, 15) is 4.79 Å². The molecule has 0 atom stereocenters. The molecule has 178 valence electrons. The summed E-state index contributed by atoms with van der Waals surface area (Å²) in [6.07, 6.45) is 4.23. The Labute approximate surface area is 207 Å². The van der Waals surface area contributed by atoms with Crippen molar-refractivity contribution >= 4 is 50.3 Å². The van der Waals surface area contributed by atoms with Gasteiger partial charge < -0.3 is 14.2 Å². The number of ether oxygens (including phenoxy) is 3. The topological polar surface area (TPSA) is 64.1 Å². The van der Waals surface area contributed by atoms with Crippen molar-refractivity contribution in [1.82, 2.24) is 9.88 Å². The molecule has 1 saturated heterocycles. The van der Waals surface area contributed by atoms with E-state index in [2.05, 4.69) is 4.90 Å². The number of benzene rings is 2. The fourth-order valence-corrected chi connectivity index (χ4v) is 5.41. The Bertz CT molecular complexity index is 1180. The number of hydrogen-bond donors (Lipinski definition) is 0. The summed E-state index contributed by atoms with van der Waals surface area (Å²) in [6, 6.07) is 9.46. The van der Waals surface area contributed by atoms with Crippen LogP contribution in [0.3, 0.4) is 0 Å². The minimum atomic E-state index is -0.118. The fraction of sp³-hybridized carbons (Fsp3) is 0.360. The predicted molar refractivity (Wildman–Crippen MR) is 135 cm³/mol. The molecule has 2 aromatic carbocycles. The van der Waals surface area contributed by atoms with Crippen LogP contribution in [0.5, 0.6) is 11.5 Å². The van der Waals surface area contributed by atoms with E-state index in [1.54, 1.807) is 17.1 Å². The van der Waals surface area contributed by atoms with Gasteiger partial charge in [-0.2, -0.15) is 0 Å². The molecule has 7 nitrogen and oxygen atoms in total. The molecular formula is C25H26ClN3O4S. The van der Waals surface area contributed by atoms with Crippen LogP contribution in [0.4, 0.5) is 5.13 Å². The van der Waals surface area contributed by atoms with E-state index in [1.807, 2.05) is 37.3 Å². The number of aryl methyl sites for hydroxylation is 1. The van der Waals surface area contributed by atoms with Gasteiger partial charge in [0.25, 0.3) is 5.91 Å². The highest BCUT2D eigenvalue weighted by Gasteiger charge is 2.21. The van der Waals surface area contributed by atoms with Crippen LogP contribution in [0.25, 0.3) is 16.3 Å². The summed E-state index contributed by atoms with van der Waals surface area (Å²) in [5.41, 5.74) is 2.76. The second-order valence-electron chi connectivity index (χ2n) is 8.28. The monoisotopic (exact) mass is 499 g/mol. The number of carbonyl (C=O) groups is 1. The molecular weight excluding hydrogens is 474 g/mol.